The van der Waals surface area contributed by atoms with Gasteiger partial charge in [0, 0.05) is 5.56 Å². The maximum Gasteiger partial charge on any atom is 0.124 e. The first-order valence-corrected chi connectivity index (χ1v) is 3.91. The Kier molecular flexibility index (Phi) is 1.73. The number of ether oxygens (including phenoxy) is 1. The van der Waals surface area contributed by atoms with Crippen molar-refractivity contribution in [3.63, 3.8) is 0 Å². The first kappa shape index (κ1) is 7.55. The van der Waals surface area contributed by atoms with Crippen LogP contribution in [0.5, 0.6) is 5.75 Å². The molecular formula is C9H10FNO. The second-order valence-electron chi connectivity index (χ2n) is 2.83. The van der Waals surface area contributed by atoms with Crippen molar-refractivity contribution in [3.05, 3.63) is 29.6 Å². The maximum atomic E-state index is 12.8. The fraction of sp³-hybridized carbons (Fsp3) is 0.333. The third kappa shape index (κ3) is 1.06. The number of hydrogen-bond donors (Lipinski definition) is 1. The largest absolute Gasteiger partial charge is 0.491 e. The van der Waals surface area contributed by atoms with Gasteiger partial charge >= 0.3 is 0 Å². The van der Waals surface area contributed by atoms with Crippen molar-refractivity contribution in [2.24, 2.45) is 0 Å². The minimum atomic E-state index is -0.209. The van der Waals surface area contributed by atoms with E-state index in [1.165, 1.54) is 12.1 Å². The molecule has 0 radical (unpaired) electrons. The average Bonchev–Trinajstić information content (AvgIpc) is 2.46. The van der Waals surface area contributed by atoms with E-state index in [9.17, 15) is 4.39 Å². The van der Waals surface area contributed by atoms with Gasteiger partial charge in [0.15, 0.2) is 0 Å². The van der Waals surface area contributed by atoms with Crippen molar-refractivity contribution < 1.29 is 9.13 Å². The monoisotopic (exact) mass is 167 g/mol. The Hall–Kier alpha value is -1.09. The van der Waals surface area contributed by atoms with Gasteiger partial charge in [-0.2, -0.15) is 0 Å². The fourth-order valence-electron chi connectivity index (χ4n) is 1.42. The second-order valence-corrected chi connectivity index (χ2v) is 2.83. The van der Waals surface area contributed by atoms with Gasteiger partial charge in [-0.3, -0.25) is 0 Å². The lowest BCUT2D eigenvalue weighted by molar-refractivity contribution is 0.318. The summed E-state index contributed by atoms with van der Waals surface area (Å²) in [5.41, 5.74) is 0.914. The summed E-state index contributed by atoms with van der Waals surface area (Å²) in [6.45, 7) is 0.593. The standard InChI is InChI=1S/C9H10FNO/c1-11-8-5-12-9-3-2-6(10)4-7(8)9/h2-4,8,11H,5H2,1H3/t8-/m1/s1. The summed E-state index contributed by atoms with van der Waals surface area (Å²) < 4.78 is 18.1. The number of rotatable bonds is 1. The summed E-state index contributed by atoms with van der Waals surface area (Å²) in [6.07, 6.45) is 0. The van der Waals surface area contributed by atoms with Crippen LogP contribution in [0.25, 0.3) is 0 Å². The number of fused-ring (bicyclic) bond motifs is 1. The predicted octanol–water partition coefficient (Wildman–Crippen LogP) is 1.48. The Labute approximate surface area is 70.3 Å². The van der Waals surface area contributed by atoms with E-state index >= 15 is 0 Å². The van der Waals surface area contributed by atoms with E-state index in [4.69, 9.17) is 4.74 Å². The minimum Gasteiger partial charge on any atom is -0.491 e. The Morgan fingerprint density at radius 2 is 2.42 bits per heavy atom. The van der Waals surface area contributed by atoms with E-state index in [1.54, 1.807) is 6.07 Å². The van der Waals surface area contributed by atoms with Gasteiger partial charge in [-0.25, -0.2) is 4.39 Å². The molecule has 0 fully saturated rings. The van der Waals surface area contributed by atoms with Gasteiger partial charge in [0.2, 0.25) is 0 Å². The molecule has 1 N–H and O–H groups in total. The van der Waals surface area contributed by atoms with E-state index in [0.717, 1.165) is 11.3 Å². The van der Waals surface area contributed by atoms with Crippen LogP contribution < -0.4 is 10.1 Å². The Morgan fingerprint density at radius 1 is 1.58 bits per heavy atom. The summed E-state index contributed by atoms with van der Waals surface area (Å²) in [5.74, 6) is 0.579. The molecule has 1 aliphatic heterocycles. The molecule has 0 bridgehead atoms. The van der Waals surface area contributed by atoms with Crippen LogP contribution in [-0.4, -0.2) is 13.7 Å². The lowest BCUT2D eigenvalue weighted by Crippen LogP contribution is -2.17. The lowest BCUT2D eigenvalue weighted by atomic mass is 10.1. The SMILES string of the molecule is CN[C@@H]1COc2ccc(F)cc21. The van der Waals surface area contributed by atoms with Crippen molar-refractivity contribution in [3.8, 4) is 5.75 Å². The van der Waals surface area contributed by atoms with Gasteiger partial charge < -0.3 is 10.1 Å². The molecule has 1 aromatic rings. The van der Waals surface area contributed by atoms with Crippen molar-refractivity contribution in [2.75, 3.05) is 13.7 Å². The topological polar surface area (TPSA) is 21.3 Å². The quantitative estimate of drug-likeness (QED) is 0.684. The van der Waals surface area contributed by atoms with Gasteiger partial charge in [-0.1, -0.05) is 0 Å². The number of nitrogens with one attached hydrogen (secondary N) is 1. The third-order valence-corrected chi connectivity index (χ3v) is 2.10. The normalized spacial score (nSPS) is 20.3. The Bertz CT molecular complexity index is 301. The molecule has 0 amide bonds. The third-order valence-electron chi connectivity index (χ3n) is 2.10. The van der Waals surface area contributed by atoms with E-state index in [2.05, 4.69) is 5.32 Å². The van der Waals surface area contributed by atoms with Gasteiger partial charge in [0.05, 0.1) is 6.04 Å². The average molecular weight is 167 g/mol. The molecule has 0 spiro atoms. The van der Waals surface area contributed by atoms with E-state index in [0.29, 0.717) is 6.61 Å². The van der Waals surface area contributed by atoms with Crippen molar-refractivity contribution in [2.45, 2.75) is 6.04 Å². The molecular weight excluding hydrogens is 157 g/mol. The summed E-state index contributed by atoms with van der Waals surface area (Å²) in [7, 11) is 1.84. The van der Waals surface area contributed by atoms with Crippen LogP contribution >= 0.6 is 0 Å². The van der Waals surface area contributed by atoms with Crippen LogP contribution in [0.1, 0.15) is 11.6 Å². The highest BCUT2D eigenvalue weighted by molar-refractivity contribution is 5.39. The van der Waals surface area contributed by atoms with Crippen molar-refractivity contribution >= 4 is 0 Å². The van der Waals surface area contributed by atoms with Crippen molar-refractivity contribution in [1.29, 1.82) is 0 Å². The zero-order valence-electron chi connectivity index (χ0n) is 6.80. The summed E-state index contributed by atoms with van der Waals surface area (Å²) in [5, 5.41) is 3.06. The highest BCUT2D eigenvalue weighted by atomic mass is 19.1. The summed E-state index contributed by atoms with van der Waals surface area (Å²) in [6, 6.07) is 4.73. The Morgan fingerprint density at radius 3 is 3.17 bits per heavy atom. The maximum absolute atomic E-state index is 12.8. The molecule has 2 rings (SSSR count). The first-order valence-electron chi connectivity index (χ1n) is 3.91. The predicted molar refractivity (Wildman–Crippen MR) is 43.7 cm³/mol. The molecule has 0 unspecified atom stereocenters. The molecule has 1 aromatic carbocycles. The van der Waals surface area contributed by atoms with Crippen LogP contribution in [0.2, 0.25) is 0 Å². The van der Waals surface area contributed by atoms with E-state index < -0.39 is 0 Å². The van der Waals surface area contributed by atoms with Crippen LogP contribution in [0, 0.1) is 5.82 Å². The number of hydrogen-bond acceptors (Lipinski definition) is 2. The molecule has 1 atom stereocenters. The molecule has 0 aromatic heterocycles. The van der Waals surface area contributed by atoms with Crippen molar-refractivity contribution in [1.82, 2.24) is 5.32 Å². The van der Waals surface area contributed by atoms with Crippen LogP contribution in [0.15, 0.2) is 18.2 Å². The highest BCUT2D eigenvalue weighted by Gasteiger charge is 2.22. The fourth-order valence-corrected chi connectivity index (χ4v) is 1.42. The molecule has 2 nitrogen and oxygen atoms in total. The second kappa shape index (κ2) is 2.75. The number of halogens is 1. The molecule has 3 heteroatoms. The molecule has 64 valence electrons. The zero-order chi connectivity index (χ0) is 8.55. The van der Waals surface area contributed by atoms with Gasteiger partial charge in [-0.05, 0) is 25.2 Å². The number of likely N-dealkylation sites (N-methyl/N-ethyl adjacent to an activating group) is 1. The molecule has 0 saturated carbocycles. The van der Waals surface area contributed by atoms with Crippen LogP contribution in [-0.2, 0) is 0 Å². The summed E-state index contributed by atoms with van der Waals surface area (Å²) in [4.78, 5) is 0. The van der Waals surface area contributed by atoms with Crippen LogP contribution in [0.3, 0.4) is 0 Å². The first-order chi connectivity index (χ1) is 5.81. The number of benzene rings is 1. The van der Waals surface area contributed by atoms with Gasteiger partial charge in [0.25, 0.3) is 0 Å². The smallest absolute Gasteiger partial charge is 0.124 e. The minimum absolute atomic E-state index is 0.135. The van der Waals surface area contributed by atoms with Gasteiger partial charge in [0.1, 0.15) is 18.2 Å². The molecule has 1 aliphatic rings. The van der Waals surface area contributed by atoms with E-state index in [1.807, 2.05) is 7.05 Å². The Balaban J connectivity index is 2.42. The molecule has 0 aliphatic carbocycles. The van der Waals surface area contributed by atoms with Gasteiger partial charge in [-0.15, -0.1) is 0 Å². The van der Waals surface area contributed by atoms with E-state index in [-0.39, 0.29) is 11.9 Å². The van der Waals surface area contributed by atoms with Crippen LogP contribution in [0.4, 0.5) is 4.39 Å². The lowest BCUT2D eigenvalue weighted by Gasteiger charge is -2.05. The summed E-state index contributed by atoms with van der Waals surface area (Å²) >= 11 is 0. The molecule has 1 heterocycles. The molecule has 0 saturated heterocycles. The molecule has 12 heavy (non-hydrogen) atoms. The zero-order valence-corrected chi connectivity index (χ0v) is 6.80. The highest BCUT2D eigenvalue weighted by Crippen LogP contribution is 2.32.